The largest absolute Gasteiger partial charge is 0.352 e. The first kappa shape index (κ1) is 16.2. The zero-order valence-corrected chi connectivity index (χ0v) is 12.6. The first-order valence-electron chi connectivity index (χ1n) is 7.36. The molecule has 0 radical (unpaired) electrons. The van der Waals surface area contributed by atoms with Crippen LogP contribution in [0.3, 0.4) is 0 Å². The Balaban J connectivity index is 2.89. The Morgan fingerprint density at radius 1 is 1.25 bits per heavy atom. The van der Waals surface area contributed by atoms with Crippen LogP contribution in [0, 0.1) is 17.2 Å². The van der Waals surface area contributed by atoms with Gasteiger partial charge in [-0.05, 0) is 17.9 Å². The van der Waals surface area contributed by atoms with Crippen LogP contribution in [0.1, 0.15) is 51.5 Å². The molecule has 0 heterocycles. The number of carbonyl (C=O) groups is 1. The topological polar surface area (TPSA) is 52.9 Å². The Kier molecular flexibility index (Phi) is 6.79. The van der Waals surface area contributed by atoms with Crippen LogP contribution in [-0.2, 0) is 4.79 Å². The van der Waals surface area contributed by atoms with Crippen molar-refractivity contribution in [1.29, 1.82) is 5.26 Å². The maximum atomic E-state index is 12.6. The molecule has 0 aliphatic carbocycles. The molecule has 0 spiro atoms. The second-order valence-electron chi connectivity index (χ2n) is 5.25. The molecule has 3 unspecified atom stereocenters. The number of rotatable bonds is 7. The van der Waals surface area contributed by atoms with E-state index in [1.54, 1.807) is 0 Å². The summed E-state index contributed by atoms with van der Waals surface area (Å²) in [5, 5.41) is 11.8. The second-order valence-corrected chi connectivity index (χ2v) is 5.25. The molecule has 3 atom stereocenters. The third-order valence-electron chi connectivity index (χ3n) is 3.83. The van der Waals surface area contributed by atoms with Crippen LogP contribution in [0.4, 0.5) is 0 Å². The highest BCUT2D eigenvalue weighted by Crippen LogP contribution is 2.27. The Morgan fingerprint density at radius 3 is 2.40 bits per heavy atom. The highest BCUT2D eigenvalue weighted by Gasteiger charge is 2.26. The van der Waals surface area contributed by atoms with E-state index in [-0.39, 0.29) is 23.8 Å². The minimum Gasteiger partial charge on any atom is -0.352 e. The van der Waals surface area contributed by atoms with Crippen molar-refractivity contribution in [3.05, 3.63) is 35.9 Å². The van der Waals surface area contributed by atoms with Gasteiger partial charge in [0.05, 0.1) is 18.4 Å². The van der Waals surface area contributed by atoms with E-state index in [2.05, 4.69) is 25.2 Å². The van der Waals surface area contributed by atoms with Crippen LogP contribution in [0.2, 0.25) is 0 Å². The first-order valence-corrected chi connectivity index (χ1v) is 7.36. The van der Waals surface area contributed by atoms with Crippen molar-refractivity contribution >= 4 is 5.91 Å². The van der Waals surface area contributed by atoms with Gasteiger partial charge in [0, 0.05) is 6.04 Å². The molecule has 0 saturated heterocycles. The highest BCUT2D eigenvalue weighted by molar-refractivity contribution is 5.84. The zero-order valence-electron chi connectivity index (χ0n) is 12.6. The molecule has 3 nitrogen and oxygen atoms in total. The van der Waals surface area contributed by atoms with Crippen molar-refractivity contribution in [2.75, 3.05) is 0 Å². The summed E-state index contributed by atoms with van der Waals surface area (Å²) in [6, 6.07) is 12.0. The number of nitrogens with zero attached hydrogens (tertiary/aromatic N) is 1. The predicted molar refractivity (Wildman–Crippen MR) is 81.1 cm³/mol. The summed E-state index contributed by atoms with van der Waals surface area (Å²) in [6.45, 7) is 6.19. The van der Waals surface area contributed by atoms with Crippen molar-refractivity contribution in [3.63, 3.8) is 0 Å². The van der Waals surface area contributed by atoms with E-state index in [1.165, 1.54) is 0 Å². The normalized spacial score (nSPS) is 14.9. The average molecular weight is 272 g/mol. The molecule has 3 heteroatoms. The van der Waals surface area contributed by atoms with Gasteiger partial charge in [0.2, 0.25) is 5.91 Å². The number of nitrogens with one attached hydrogen (secondary N) is 1. The number of carbonyl (C=O) groups excluding carboxylic acids is 1. The number of hydrogen-bond donors (Lipinski definition) is 1. The summed E-state index contributed by atoms with van der Waals surface area (Å²) < 4.78 is 0. The maximum Gasteiger partial charge on any atom is 0.228 e. The van der Waals surface area contributed by atoms with E-state index in [0.717, 1.165) is 18.4 Å². The Morgan fingerprint density at radius 2 is 1.90 bits per heavy atom. The SMILES string of the molecule is CCC(CC#N)NC(=O)C(c1ccccc1)C(C)CC. The highest BCUT2D eigenvalue weighted by atomic mass is 16.1. The predicted octanol–water partition coefficient (Wildman–Crippen LogP) is 3.62. The third-order valence-corrected chi connectivity index (χ3v) is 3.83. The Bertz CT molecular complexity index is 450. The molecule has 0 saturated carbocycles. The van der Waals surface area contributed by atoms with Gasteiger partial charge in [0.1, 0.15) is 0 Å². The standard InChI is InChI=1S/C17H24N2O/c1-4-13(3)16(14-9-7-6-8-10-14)17(20)19-15(5-2)11-12-18/h6-10,13,15-16H,4-5,11H2,1-3H3,(H,19,20). The van der Waals surface area contributed by atoms with Gasteiger partial charge >= 0.3 is 0 Å². The molecule has 1 aromatic rings. The molecular formula is C17H24N2O. The molecule has 20 heavy (non-hydrogen) atoms. The smallest absolute Gasteiger partial charge is 0.228 e. The minimum absolute atomic E-state index is 0.0349. The lowest BCUT2D eigenvalue weighted by atomic mass is 9.84. The Labute approximate surface area is 122 Å². The van der Waals surface area contributed by atoms with Crippen LogP contribution >= 0.6 is 0 Å². The molecular weight excluding hydrogens is 248 g/mol. The Hall–Kier alpha value is -1.82. The van der Waals surface area contributed by atoms with Crippen LogP contribution in [0.15, 0.2) is 30.3 Å². The lowest BCUT2D eigenvalue weighted by Gasteiger charge is -2.25. The number of amides is 1. The molecule has 0 bridgehead atoms. The summed E-state index contributed by atoms with van der Waals surface area (Å²) in [7, 11) is 0. The van der Waals surface area contributed by atoms with Gasteiger partial charge in [-0.2, -0.15) is 5.26 Å². The van der Waals surface area contributed by atoms with Gasteiger partial charge in [0.25, 0.3) is 0 Å². The second kappa shape index (κ2) is 8.37. The summed E-state index contributed by atoms with van der Waals surface area (Å²) in [4.78, 5) is 12.6. The quantitative estimate of drug-likeness (QED) is 0.824. The van der Waals surface area contributed by atoms with Gasteiger partial charge in [-0.3, -0.25) is 4.79 Å². The fourth-order valence-corrected chi connectivity index (χ4v) is 2.33. The monoisotopic (exact) mass is 272 g/mol. The first-order chi connectivity index (χ1) is 9.63. The van der Waals surface area contributed by atoms with Crippen LogP contribution < -0.4 is 5.32 Å². The number of hydrogen-bond acceptors (Lipinski definition) is 2. The molecule has 0 aliphatic heterocycles. The molecule has 0 aromatic heterocycles. The molecule has 1 N–H and O–H groups in total. The minimum atomic E-state index is -0.144. The molecule has 1 rings (SSSR count). The van der Waals surface area contributed by atoms with Gasteiger partial charge in [-0.1, -0.05) is 57.5 Å². The van der Waals surface area contributed by atoms with Gasteiger partial charge in [-0.25, -0.2) is 0 Å². The fraction of sp³-hybridized carbons (Fsp3) is 0.529. The fourth-order valence-electron chi connectivity index (χ4n) is 2.33. The lowest BCUT2D eigenvalue weighted by Crippen LogP contribution is -2.39. The number of nitriles is 1. The molecule has 1 amide bonds. The van der Waals surface area contributed by atoms with E-state index in [4.69, 9.17) is 5.26 Å². The van der Waals surface area contributed by atoms with E-state index in [1.807, 2.05) is 37.3 Å². The van der Waals surface area contributed by atoms with Crippen molar-refractivity contribution in [2.45, 2.75) is 52.0 Å². The molecule has 108 valence electrons. The summed E-state index contributed by atoms with van der Waals surface area (Å²) >= 11 is 0. The van der Waals surface area contributed by atoms with E-state index in [0.29, 0.717) is 6.42 Å². The van der Waals surface area contributed by atoms with Crippen LogP contribution in [0.25, 0.3) is 0 Å². The summed E-state index contributed by atoms with van der Waals surface area (Å²) in [5.41, 5.74) is 1.05. The third kappa shape index (κ3) is 4.38. The van der Waals surface area contributed by atoms with Gasteiger partial charge in [0.15, 0.2) is 0 Å². The van der Waals surface area contributed by atoms with Crippen LogP contribution in [0.5, 0.6) is 0 Å². The van der Waals surface area contributed by atoms with Gasteiger partial charge in [-0.15, -0.1) is 0 Å². The summed E-state index contributed by atoms with van der Waals surface area (Å²) in [5.74, 6) is 0.165. The van der Waals surface area contributed by atoms with Gasteiger partial charge < -0.3 is 5.32 Å². The van der Waals surface area contributed by atoms with E-state index < -0.39 is 0 Å². The molecule has 1 aromatic carbocycles. The summed E-state index contributed by atoms with van der Waals surface area (Å²) in [6.07, 6.45) is 2.09. The van der Waals surface area contributed by atoms with Crippen molar-refractivity contribution in [1.82, 2.24) is 5.32 Å². The van der Waals surface area contributed by atoms with Crippen LogP contribution in [-0.4, -0.2) is 11.9 Å². The molecule has 0 fully saturated rings. The average Bonchev–Trinajstić information content (AvgIpc) is 2.47. The van der Waals surface area contributed by atoms with Crippen molar-refractivity contribution < 1.29 is 4.79 Å². The van der Waals surface area contributed by atoms with E-state index >= 15 is 0 Å². The lowest BCUT2D eigenvalue weighted by molar-refractivity contribution is -0.124. The molecule has 0 aliphatic rings. The maximum absolute atomic E-state index is 12.6. The van der Waals surface area contributed by atoms with E-state index in [9.17, 15) is 4.79 Å². The zero-order chi connectivity index (χ0) is 15.0. The number of benzene rings is 1. The van der Waals surface area contributed by atoms with Crippen molar-refractivity contribution in [2.24, 2.45) is 5.92 Å². The van der Waals surface area contributed by atoms with Crippen molar-refractivity contribution in [3.8, 4) is 6.07 Å².